The van der Waals surface area contributed by atoms with E-state index in [1.165, 1.54) is 0 Å². The van der Waals surface area contributed by atoms with Crippen molar-refractivity contribution >= 4 is 5.91 Å². The maximum absolute atomic E-state index is 12.6. The van der Waals surface area contributed by atoms with E-state index < -0.39 is 0 Å². The molecule has 1 aromatic heterocycles. The van der Waals surface area contributed by atoms with Gasteiger partial charge in [-0.15, -0.1) is 0 Å². The first-order valence-electron chi connectivity index (χ1n) is 7.20. The maximum atomic E-state index is 12.6. The van der Waals surface area contributed by atoms with E-state index in [4.69, 9.17) is 0 Å². The van der Waals surface area contributed by atoms with Crippen molar-refractivity contribution in [1.29, 1.82) is 0 Å². The lowest BCUT2D eigenvalue weighted by atomic mass is 10.1. The number of aliphatic hydroxyl groups excluding tert-OH is 1. The number of carbonyl (C=O) groups excluding carboxylic acids is 1. The number of rotatable bonds is 4. The number of likely N-dealkylation sites (N-methyl/N-ethyl adjacent to an activating group) is 1. The average Bonchev–Trinajstić information content (AvgIpc) is 2.80. The van der Waals surface area contributed by atoms with E-state index in [-0.39, 0.29) is 18.6 Å². The van der Waals surface area contributed by atoms with Crippen molar-refractivity contribution in [3.05, 3.63) is 17.5 Å². The summed E-state index contributed by atoms with van der Waals surface area (Å²) in [5.41, 5.74) is 1.60. The molecule has 0 aromatic carbocycles. The van der Waals surface area contributed by atoms with Crippen LogP contribution >= 0.6 is 0 Å². The number of aryl methyl sites for hydroxylation is 2. The summed E-state index contributed by atoms with van der Waals surface area (Å²) in [5, 5.41) is 13.7. The molecule has 1 aromatic rings. The average molecular weight is 280 g/mol. The minimum atomic E-state index is 0.00824. The molecule has 1 saturated heterocycles. The second-order valence-electron chi connectivity index (χ2n) is 5.46. The molecule has 1 aliphatic rings. The smallest absolute Gasteiger partial charge is 0.272 e. The zero-order chi connectivity index (χ0) is 14.7. The number of piperazine rings is 1. The van der Waals surface area contributed by atoms with Crippen molar-refractivity contribution in [2.24, 2.45) is 7.05 Å². The number of hydrogen-bond donors (Lipinski definition) is 1. The number of hydrogen-bond acceptors (Lipinski definition) is 4. The Hall–Kier alpha value is -1.40. The monoisotopic (exact) mass is 280 g/mol. The van der Waals surface area contributed by atoms with E-state index in [2.05, 4.69) is 16.9 Å². The highest BCUT2D eigenvalue weighted by Gasteiger charge is 2.28. The summed E-state index contributed by atoms with van der Waals surface area (Å²) < 4.78 is 1.67. The summed E-state index contributed by atoms with van der Waals surface area (Å²) in [7, 11) is 3.79. The van der Waals surface area contributed by atoms with Gasteiger partial charge in [0.2, 0.25) is 0 Å². The minimum Gasteiger partial charge on any atom is -0.395 e. The predicted octanol–water partition coefficient (Wildman–Crippen LogP) is 0.121. The molecule has 0 spiro atoms. The first kappa shape index (κ1) is 15.0. The van der Waals surface area contributed by atoms with Gasteiger partial charge in [0.1, 0.15) is 5.69 Å². The standard InChI is InChI=1S/C14H24N4O2/c1-4-5-11-8-13(17(3)15-11)14(20)18-7-6-16(2)12(9-18)10-19/h8,12,19H,4-7,9-10H2,1-3H3. The molecule has 6 nitrogen and oxygen atoms in total. The summed E-state index contributed by atoms with van der Waals surface area (Å²) >= 11 is 0. The first-order chi connectivity index (χ1) is 9.56. The van der Waals surface area contributed by atoms with Crippen molar-refractivity contribution < 1.29 is 9.90 Å². The molecular formula is C14H24N4O2. The predicted molar refractivity (Wildman–Crippen MR) is 76.6 cm³/mol. The van der Waals surface area contributed by atoms with Gasteiger partial charge in [0.25, 0.3) is 5.91 Å². The molecule has 0 bridgehead atoms. The molecular weight excluding hydrogens is 256 g/mol. The van der Waals surface area contributed by atoms with E-state index >= 15 is 0 Å². The third-order valence-electron chi connectivity index (χ3n) is 3.93. The molecule has 1 N–H and O–H groups in total. The Morgan fingerprint density at radius 2 is 2.20 bits per heavy atom. The van der Waals surface area contributed by atoms with E-state index in [0.717, 1.165) is 25.1 Å². The van der Waals surface area contributed by atoms with Crippen LogP contribution in [0.15, 0.2) is 6.07 Å². The summed E-state index contributed by atoms with van der Waals surface area (Å²) in [5.74, 6) is 0.00824. The molecule has 0 saturated carbocycles. The lowest BCUT2D eigenvalue weighted by Crippen LogP contribution is -2.54. The maximum Gasteiger partial charge on any atom is 0.272 e. The van der Waals surface area contributed by atoms with Crippen molar-refractivity contribution in [2.45, 2.75) is 25.8 Å². The summed E-state index contributed by atoms with van der Waals surface area (Å²) in [6, 6.07) is 1.91. The highest BCUT2D eigenvalue weighted by molar-refractivity contribution is 5.92. The fraction of sp³-hybridized carbons (Fsp3) is 0.714. The van der Waals surface area contributed by atoms with E-state index in [9.17, 15) is 9.90 Å². The topological polar surface area (TPSA) is 61.6 Å². The van der Waals surface area contributed by atoms with Gasteiger partial charge >= 0.3 is 0 Å². The third-order valence-corrected chi connectivity index (χ3v) is 3.93. The normalized spacial score (nSPS) is 20.4. The third kappa shape index (κ3) is 3.02. The van der Waals surface area contributed by atoms with Crippen LogP contribution in [0.4, 0.5) is 0 Å². The molecule has 1 amide bonds. The van der Waals surface area contributed by atoms with E-state index in [1.807, 2.05) is 25.1 Å². The van der Waals surface area contributed by atoms with Gasteiger partial charge in [-0.25, -0.2) is 0 Å². The lowest BCUT2D eigenvalue weighted by Gasteiger charge is -2.38. The summed E-state index contributed by atoms with van der Waals surface area (Å²) in [4.78, 5) is 16.5. The second kappa shape index (κ2) is 6.37. The van der Waals surface area contributed by atoms with Gasteiger partial charge in [-0.3, -0.25) is 14.4 Å². The Morgan fingerprint density at radius 1 is 1.45 bits per heavy atom. The fourth-order valence-electron chi connectivity index (χ4n) is 2.59. The molecule has 1 fully saturated rings. The van der Waals surface area contributed by atoms with Crippen LogP contribution in [0.1, 0.15) is 29.5 Å². The van der Waals surface area contributed by atoms with Crippen molar-refractivity contribution in [1.82, 2.24) is 19.6 Å². The van der Waals surface area contributed by atoms with Gasteiger partial charge in [-0.1, -0.05) is 13.3 Å². The molecule has 1 atom stereocenters. The van der Waals surface area contributed by atoms with Gasteiger partial charge < -0.3 is 10.0 Å². The van der Waals surface area contributed by atoms with Crippen molar-refractivity contribution in [3.63, 3.8) is 0 Å². The number of aromatic nitrogens is 2. The molecule has 20 heavy (non-hydrogen) atoms. The largest absolute Gasteiger partial charge is 0.395 e. The number of aliphatic hydroxyl groups is 1. The highest BCUT2D eigenvalue weighted by Crippen LogP contribution is 2.13. The molecule has 1 unspecified atom stereocenters. The Kier molecular flexibility index (Phi) is 4.77. The summed E-state index contributed by atoms with van der Waals surface area (Å²) in [6.07, 6.45) is 1.91. The van der Waals surface area contributed by atoms with Crippen molar-refractivity contribution in [3.8, 4) is 0 Å². The molecule has 0 radical (unpaired) electrons. The molecule has 2 heterocycles. The van der Waals surface area contributed by atoms with Crippen LogP contribution in [0, 0.1) is 0 Å². The zero-order valence-electron chi connectivity index (χ0n) is 12.5. The molecule has 6 heteroatoms. The van der Waals surface area contributed by atoms with Gasteiger partial charge in [0.05, 0.1) is 18.3 Å². The number of carbonyl (C=O) groups is 1. The fourth-order valence-corrected chi connectivity index (χ4v) is 2.59. The van der Waals surface area contributed by atoms with Crippen LogP contribution in [-0.4, -0.2) is 69.9 Å². The van der Waals surface area contributed by atoms with Crippen LogP contribution < -0.4 is 0 Å². The van der Waals surface area contributed by atoms with Crippen LogP contribution in [-0.2, 0) is 13.5 Å². The Morgan fingerprint density at radius 3 is 2.85 bits per heavy atom. The SMILES string of the molecule is CCCc1cc(C(=O)N2CCN(C)C(CO)C2)n(C)n1. The second-order valence-corrected chi connectivity index (χ2v) is 5.46. The Balaban J connectivity index is 2.11. The number of nitrogens with zero attached hydrogens (tertiary/aromatic N) is 4. The minimum absolute atomic E-state index is 0.00824. The first-order valence-corrected chi connectivity index (χ1v) is 7.20. The van der Waals surface area contributed by atoms with E-state index in [0.29, 0.717) is 18.8 Å². The summed E-state index contributed by atoms with van der Waals surface area (Å²) in [6.45, 7) is 4.23. The number of amides is 1. The van der Waals surface area contributed by atoms with E-state index in [1.54, 1.807) is 4.68 Å². The molecule has 112 valence electrons. The van der Waals surface area contributed by atoms with Crippen LogP contribution in [0.2, 0.25) is 0 Å². The van der Waals surface area contributed by atoms with Gasteiger partial charge in [0, 0.05) is 26.7 Å². The van der Waals surface area contributed by atoms with Gasteiger partial charge in [-0.05, 0) is 19.5 Å². The zero-order valence-corrected chi connectivity index (χ0v) is 12.5. The highest BCUT2D eigenvalue weighted by atomic mass is 16.3. The molecule has 1 aliphatic heterocycles. The van der Waals surface area contributed by atoms with Gasteiger partial charge in [0.15, 0.2) is 0 Å². The van der Waals surface area contributed by atoms with Gasteiger partial charge in [-0.2, -0.15) is 5.10 Å². The van der Waals surface area contributed by atoms with Crippen LogP contribution in [0.3, 0.4) is 0 Å². The quantitative estimate of drug-likeness (QED) is 0.851. The van der Waals surface area contributed by atoms with Crippen molar-refractivity contribution in [2.75, 3.05) is 33.3 Å². The Labute approximate surface area is 120 Å². The van der Waals surface area contributed by atoms with Crippen LogP contribution in [0.5, 0.6) is 0 Å². The van der Waals surface area contributed by atoms with Crippen LogP contribution in [0.25, 0.3) is 0 Å². The lowest BCUT2D eigenvalue weighted by molar-refractivity contribution is 0.0412. The molecule has 2 rings (SSSR count). The molecule has 0 aliphatic carbocycles. The Bertz CT molecular complexity index is 472.